The van der Waals surface area contributed by atoms with Crippen molar-refractivity contribution in [2.75, 3.05) is 13.1 Å². The van der Waals surface area contributed by atoms with Crippen molar-refractivity contribution in [3.05, 3.63) is 10.4 Å². The first kappa shape index (κ1) is 13.6. The highest BCUT2D eigenvalue weighted by molar-refractivity contribution is 5.69. The van der Waals surface area contributed by atoms with E-state index in [-0.39, 0.29) is 17.7 Å². The van der Waals surface area contributed by atoms with Crippen molar-refractivity contribution in [3.63, 3.8) is 0 Å². The summed E-state index contributed by atoms with van der Waals surface area (Å²) < 4.78 is 5.29. The number of nitrogens with zero attached hydrogens (tertiary/aromatic N) is 4. The molecule has 1 aliphatic rings. The number of amides is 1. The van der Waals surface area contributed by atoms with Crippen LogP contribution in [0.4, 0.5) is 4.79 Å². The number of ether oxygens (including phenoxy) is 1. The highest BCUT2D eigenvalue weighted by Gasteiger charge is 2.32. The molecule has 0 aromatic rings. The molecule has 0 aromatic heterocycles. The van der Waals surface area contributed by atoms with Crippen LogP contribution in [0.25, 0.3) is 10.4 Å². The number of azide groups is 1. The smallest absolute Gasteiger partial charge is 0.410 e. The van der Waals surface area contributed by atoms with E-state index in [0.717, 1.165) is 12.8 Å². The summed E-state index contributed by atoms with van der Waals surface area (Å²) in [6, 6.07) is 0. The normalized spacial score (nSPS) is 15.0. The van der Waals surface area contributed by atoms with Crippen LogP contribution in [0.5, 0.6) is 0 Å². The van der Waals surface area contributed by atoms with Crippen molar-refractivity contribution in [1.82, 2.24) is 4.90 Å². The predicted octanol–water partition coefficient (Wildman–Crippen LogP) is 3.09. The average Bonchev–Trinajstić information content (AvgIpc) is 2.99. The summed E-state index contributed by atoms with van der Waals surface area (Å²) in [6.07, 6.45) is 2.46. The van der Waals surface area contributed by atoms with Crippen LogP contribution in [0.15, 0.2) is 5.11 Å². The summed E-state index contributed by atoms with van der Waals surface area (Å²) in [4.78, 5) is 16.3. The number of hydrogen-bond acceptors (Lipinski definition) is 3. The Labute approximate surface area is 102 Å². The number of rotatable bonds is 5. The van der Waals surface area contributed by atoms with E-state index in [1.807, 2.05) is 20.8 Å². The van der Waals surface area contributed by atoms with Gasteiger partial charge < -0.3 is 9.64 Å². The standard InChI is InChI=1S/C11H20N4O2/c1-11(2,3)15(8-4-7-13-14-12)10(16)17-9-5-6-9/h9H,4-8H2,1-3H3. The van der Waals surface area contributed by atoms with Gasteiger partial charge in [-0.15, -0.1) is 0 Å². The molecule has 1 amide bonds. The maximum atomic E-state index is 11.9. The minimum absolute atomic E-state index is 0.115. The monoisotopic (exact) mass is 240 g/mol. The zero-order valence-corrected chi connectivity index (χ0v) is 10.7. The first-order valence-corrected chi connectivity index (χ1v) is 5.94. The van der Waals surface area contributed by atoms with Gasteiger partial charge in [-0.05, 0) is 45.6 Å². The topological polar surface area (TPSA) is 78.3 Å². The van der Waals surface area contributed by atoms with E-state index in [4.69, 9.17) is 10.3 Å². The molecule has 1 rings (SSSR count). The molecule has 6 heteroatoms. The molecule has 1 aliphatic carbocycles. The van der Waals surface area contributed by atoms with Crippen LogP contribution in [0.1, 0.15) is 40.0 Å². The Bertz CT molecular complexity index is 314. The van der Waals surface area contributed by atoms with E-state index < -0.39 is 0 Å². The van der Waals surface area contributed by atoms with Gasteiger partial charge in [-0.3, -0.25) is 0 Å². The summed E-state index contributed by atoms with van der Waals surface area (Å²) in [5.74, 6) is 0. The molecular formula is C11H20N4O2. The lowest BCUT2D eigenvalue weighted by molar-refractivity contribution is 0.0624. The van der Waals surface area contributed by atoms with Crippen LogP contribution in [0, 0.1) is 0 Å². The van der Waals surface area contributed by atoms with Crippen LogP contribution < -0.4 is 0 Å². The maximum absolute atomic E-state index is 11.9. The third-order valence-corrected chi connectivity index (χ3v) is 2.53. The predicted molar refractivity (Wildman–Crippen MR) is 64.6 cm³/mol. The Morgan fingerprint density at radius 2 is 2.18 bits per heavy atom. The van der Waals surface area contributed by atoms with E-state index in [9.17, 15) is 4.79 Å². The van der Waals surface area contributed by atoms with E-state index in [0.29, 0.717) is 19.5 Å². The molecule has 1 saturated carbocycles. The van der Waals surface area contributed by atoms with Gasteiger partial charge in [0.05, 0.1) is 0 Å². The highest BCUT2D eigenvalue weighted by atomic mass is 16.6. The van der Waals surface area contributed by atoms with Crippen molar-refractivity contribution in [3.8, 4) is 0 Å². The summed E-state index contributed by atoms with van der Waals surface area (Å²) in [5, 5.41) is 3.46. The Morgan fingerprint density at radius 1 is 1.53 bits per heavy atom. The molecule has 17 heavy (non-hydrogen) atoms. The summed E-state index contributed by atoms with van der Waals surface area (Å²) >= 11 is 0. The quantitative estimate of drug-likeness (QED) is 0.320. The third-order valence-electron chi connectivity index (χ3n) is 2.53. The Morgan fingerprint density at radius 3 is 2.65 bits per heavy atom. The van der Waals surface area contributed by atoms with Gasteiger partial charge >= 0.3 is 6.09 Å². The van der Waals surface area contributed by atoms with Crippen molar-refractivity contribution >= 4 is 6.09 Å². The highest BCUT2D eigenvalue weighted by Crippen LogP contribution is 2.26. The summed E-state index contributed by atoms with van der Waals surface area (Å²) in [5.41, 5.74) is 7.91. The number of carbonyl (C=O) groups excluding carboxylic acids is 1. The fourth-order valence-corrected chi connectivity index (χ4v) is 1.44. The van der Waals surface area contributed by atoms with E-state index in [1.54, 1.807) is 4.90 Å². The van der Waals surface area contributed by atoms with E-state index in [2.05, 4.69) is 10.0 Å². The molecule has 0 radical (unpaired) electrons. The van der Waals surface area contributed by atoms with Crippen LogP contribution in [0.2, 0.25) is 0 Å². The van der Waals surface area contributed by atoms with Crippen molar-refractivity contribution in [2.24, 2.45) is 5.11 Å². The van der Waals surface area contributed by atoms with Gasteiger partial charge in [-0.25, -0.2) is 4.79 Å². The minimum atomic E-state index is -0.275. The molecule has 0 saturated heterocycles. The Kier molecular flexibility index (Phi) is 4.63. The number of hydrogen-bond donors (Lipinski definition) is 0. The zero-order chi connectivity index (χ0) is 12.9. The second kappa shape index (κ2) is 5.77. The third kappa shape index (κ3) is 4.95. The van der Waals surface area contributed by atoms with Gasteiger partial charge in [-0.2, -0.15) is 0 Å². The van der Waals surface area contributed by atoms with Gasteiger partial charge in [0.15, 0.2) is 0 Å². The van der Waals surface area contributed by atoms with Crippen LogP contribution in [-0.4, -0.2) is 35.7 Å². The van der Waals surface area contributed by atoms with Gasteiger partial charge in [0, 0.05) is 23.5 Å². The molecular weight excluding hydrogens is 220 g/mol. The molecule has 0 aliphatic heterocycles. The average molecular weight is 240 g/mol. The molecule has 0 aromatic carbocycles. The minimum Gasteiger partial charge on any atom is -0.446 e. The van der Waals surface area contributed by atoms with Crippen molar-refractivity contribution < 1.29 is 9.53 Å². The van der Waals surface area contributed by atoms with Crippen LogP contribution in [-0.2, 0) is 4.74 Å². The molecule has 96 valence electrons. The first-order chi connectivity index (χ1) is 7.95. The van der Waals surface area contributed by atoms with Crippen LogP contribution in [0.3, 0.4) is 0 Å². The van der Waals surface area contributed by atoms with Gasteiger partial charge in [0.1, 0.15) is 6.10 Å². The molecule has 1 fully saturated rings. The lowest BCUT2D eigenvalue weighted by Crippen LogP contribution is -2.46. The molecule has 6 nitrogen and oxygen atoms in total. The lowest BCUT2D eigenvalue weighted by Gasteiger charge is -2.34. The summed E-state index contributed by atoms with van der Waals surface area (Å²) in [6.45, 7) is 6.85. The second-order valence-corrected chi connectivity index (χ2v) is 5.21. The second-order valence-electron chi connectivity index (χ2n) is 5.21. The van der Waals surface area contributed by atoms with Crippen molar-refractivity contribution in [1.29, 1.82) is 0 Å². The Balaban J connectivity index is 2.46. The van der Waals surface area contributed by atoms with Crippen molar-refractivity contribution in [2.45, 2.75) is 51.7 Å². The maximum Gasteiger partial charge on any atom is 0.410 e. The molecule has 0 bridgehead atoms. The molecule has 0 heterocycles. The molecule has 0 unspecified atom stereocenters. The fraction of sp³-hybridized carbons (Fsp3) is 0.909. The first-order valence-electron chi connectivity index (χ1n) is 5.94. The van der Waals surface area contributed by atoms with Gasteiger partial charge in [0.25, 0.3) is 0 Å². The fourth-order valence-electron chi connectivity index (χ4n) is 1.44. The van der Waals surface area contributed by atoms with Gasteiger partial charge in [-0.1, -0.05) is 5.11 Å². The number of carbonyl (C=O) groups is 1. The van der Waals surface area contributed by atoms with E-state index in [1.165, 1.54) is 0 Å². The zero-order valence-electron chi connectivity index (χ0n) is 10.7. The molecule has 0 spiro atoms. The van der Waals surface area contributed by atoms with Gasteiger partial charge in [0.2, 0.25) is 0 Å². The Hall–Kier alpha value is -1.42. The van der Waals surface area contributed by atoms with E-state index >= 15 is 0 Å². The largest absolute Gasteiger partial charge is 0.446 e. The molecule has 0 atom stereocenters. The van der Waals surface area contributed by atoms with Crippen LogP contribution >= 0.6 is 0 Å². The lowest BCUT2D eigenvalue weighted by atomic mass is 10.1. The molecule has 0 N–H and O–H groups in total. The summed E-state index contributed by atoms with van der Waals surface area (Å²) in [7, 11) is 0. The SMILES string of the molecule is CC(C)(C)N(CCCN=[N+]=[N-])C(=O)OC1CC1.